The van der Waals surface area contributed by atoms with Gasteiger partial charge < -0.3 is 37.0 Å². The Hall–Kier alpha value is -3.77. The molecule has 0 radical (unpaired) electrons. The lowest BCUT2D eigenvalue weighted by molar-refractivity contribution is -0.142. The topological polar surface area (TPSA) is 191 Å². The molecule has 206 valence electrons. The SMILES string of the molecule is CC(C)C(NC(=O)C(Cc1ccc(O)cc1)NC(=O)C(N)CS)C(=O)NC(Cc1ccc(O)cc1)C(=O)O. The van der Waals surface area contributed by atoms with Gasteiger partial charge in [-0.15, -0.1) is 0 Å². The van der Waals surface area contributed by atoms with Crippen LogP contribution in [0.15, 0.2) is 48.5 Å². The highest BCUT2D eigenvalue weighted by atomic mass is 32.1. The summed E-state index contributed by atoms with van der Waals surface area (Å²) in [6, 6.07) is 7.51. The quantitative estimate of drug-likeness (QED) is 0.165. The van der Waals surface area contributed by atoms with Crippen LogP contribution in [0.25, 0.3) is 0 Å². The van der Waals surface area contributed by atoms with Gasteiger partial charge in [0, 0.05) is 18.6 Å². The zero-order valence-corrected chi connectivity index (χ0v) is 22.0. The number of hydrogen-bond donors (Lipinski definition) is 8. The number of phenolic OH excluding ortho intramolecular Hbond substituents is 2. The minimum atomic E-state index is -1.29. The first-order chi connectivity index (χ1) is 17.9. The van der Waals surface area contributed by atoms with Gasteiger partial charge in [0.1, 0.15) is 29.6 Å². The Balaban J connectivity index is 2.19. The third-order valence-electron chi connectivity index (χ3n) is 5.78. The van der Waals surface area contributed by atoms with Gasteiger partial charge in [0.25, 0.3) is 0 Å². The van der Waals surface area contributed by atoms with E-state index in [4.69, 9.17) is 5.73 Å². The Labute approximate surface area is 226 Å². The molecule has 2 rings (SSSR count). The predicted octanol–water partition coefficient (Wildman–Crippen LogP) is 0.335. The Morgan fingerprint density at radius 1 is 0.763 bits per heavy atom. The van der Waals surface area contributed by atoms with Gasteiger partial charge in [0.2, 0.25) is 17.7 Å². The van der Waals surface area contributed by atoms with E-state index in [1.807, 2.05) is 0 Å². The summed E-state index contributed by atoms with van der Waals surface area (Å²) < 4.78 is 0. The second-order valence-corrected chi connectivity index (χ2v) is 9.59. The van der Waals surface area contributed by atoms with Crippen molar-refractivity contribution < 1.29 is 34.5 Å². The molecule has 0 aliphatic carbocycles. The van der Waals surface area contributed by atoms with Crippen LogP contribution in [0.3, 0.4) is 0 Å². The number of carboxylic acid groups (broad SMARTS) is 1. The second-order valence-electron chi connectivity index (χ2n) is 9.22. The van der Waals surface area contributed by atoms with Gasteiger partial charge in [-0.3, -0.25) is 14.4 Å². The van der Waals surface area contributed by atoms with Gasteiger partial charge in [-0.25, -0.2) is 4.79 Å². The molecular formula is C26H34N4O7S. The summed E-state index contributed by atoms with van der Waals surface area (Å²) in [6.45, 7) is 3.37. The molecule has 8 N–H and O–H groups in total. The number of thiol groups is 1. The lowest BCUT2D eigenvalue weighted by Crippen LogP contribution is -2.59. The van der Waals surface area contributed by atoms with E-state index in [0.717, 1.165) is 0 Å². The molecule has 0 aromatic heterocycles. The molecular weight excluding hydrogens is 512 g/mol. The van der Waals surface area contributed by atoms with Crippen LogP contribution < -0.4 is 21.7 Å². The number of nitrogens with one attached hydrogen (secondary N) is 3. The van der Waals surface area contributed by atoms with Gasteiger partial charge in [0.05, 0.1) is 6.04 Å². The molecule has 12 heteroatoms. The summed E-state index contributed by atoms with van der Waals surface area (Å²) in [5, 5.41) is 36.3. The summed E-state index contributed by atoms with van der Waals surface area (Å²) in [5.41, 5.74) is 6.96. The maximum absolute atomic E-state index is 13.3. The molecule has 3 amide bonds. The van der Waals surface area contributed by atoms with E-state index in [9.17, 15) is 34.5 Å². The average Bonchev–Trinajstić information content (AvgIpc) is 2.87. The zero-order valence-electron chi connectivity index (χ0n) is 21.1. The molecule has 11 nitrogen and oxygen atoms in total. The molecule has 0 aliphatic rings. The average molecular weight is 547 g/mol. The molecule has 0 aliphatic heterocycles. The van der Waals surface area contributed by atoms with Crippen molar-refractivity contribution in [3.63, 3.8) is 0 Å². The predicted molar refractivity (Wildman–Crippen MR) is 144 cm³/mol. The van der Waals surface area contributed by atoms with Crippen molar-refractivity contribution in [2.45, 2.75) is 50.9 Å². The van der Waals surface area contributed by atoms with Crippen LogP contribution in [0.2, 0.25) is 0 Å². The van der Waals surface area contributed by atoms with Crippen molar-refractivity contribution in [2.75, 3.05) is 5.75 Å². The van der Waals surface area contributed by atoms with Gasteiger partial charge in [-0.2, -0.15) is 12.6 Å². The Morgan fingerprint density at radius 2 is 1.21 bits per heavy atom. The number of rotatable bonds is 13. The third-order valence-corrected chi connectivity index (χ3v) is 6.17. The maximum atomic E-state index is 13.3. The number of aromatic hydroxyl groups is 2. The summed E-state index contributed by atoms with van der Waals surface area (Å²) >= 11 is 4.01. The number of hydrogen-bond acceptors (Lipinski definition) is 8. The monoisotopic (exact) mass is 546 g/mol. The van der Waals surface area contributed by atoms with E-state index in [2.05, 4.69) is 28.6 Å². The fraction of sp³-hybridized carbons (Fsp3) is 0.385. The van der Waals surface area contributed by atoms with Crippen LogP contribution >= 0.6 is 12.6 Å². The van der Waals surface area contributed by atoms with Gasteiger partial charge in [-0.05, 0) is 41.3 Å². The highest BCUT2D eigenvalue weighted by Gasteiger charge is 2.32. The van der Waals surface area contributed by atoms with Crippen LogP contribution in [0, 0.1) is 5.92 Å². The Morgan fingerprint density at radius 3 is 1.63 bits per heavy atom. The number of amides is 3. The summed E-state index contributed by atoms with van der Waals surface area (Å²) in [5.74, 6) is -3.56. The molecule has 0 saturated heterocycles. The standard InChI is InChI=1S/C26H34N4O7S/c1-14(2)22(25(35)29-21(26(36)37)12-16-5-9-18(32)10-6-16)30-24(34)20(28-23(33)19(27)13-38)11-15-3-7-17(31)8-4-15/h3-10,14,19-22,31-32,38H,11-13,27H2,1-2H3,(H,28,33)(H,29,35)(H,30,34)(H,36,37). The van der Waals surface area contributed by atoms with Crippen LogP contribution in [0.4, 0.5) is 0 Å². The van der Waals surface area contributed by atoms with E-state index in [1.165, 1.54) is 24.3 Å². The molecule has 38 heavy (non-hydrogen) atoms. The molecule has 0 bridgehead atoms. The smallest absolute Gasteiger partial charge is 0.326 e. The van der Waals surface area contributed by atoms with Gasteiger partial charge in [0.15, 0.2) is 0 Å². The number of carboxylic acids is 1. The minimum absolute atomic E-state index is 0.0246. The molecule has 4 atom stereocenters. The normalized spacial score (nSPS) is 14.1. The third kappa shape index (κ3) is 9.27. The largest absolute Gasteiger partial charge is 0.508 e. The number of phenols is 2. The van der Waals surface area contributed by atoms with Gasteiger partial charge in [-0.1, -0.05) is 38.1 Å². The van der Waals surface area contributed by atoms with E-state index in [1.54, 1.807) is 38.1 Å². The van der Waals surface area contributed by atoms with Crippen molar-refractivity contribution in [1.29, 1.82) is 0 Å². The second kappa shape index (κ2) is 14.2. The summed E-state index contributed by atoms with van der Waals surface area (Å²) in [6.07, 6.45) is 0.00342. The fourth-order valence-electron chi connectivity index (χ4n) is 3.56. The summed E-state index contributed by atoms with van der Waals surface area (Å²) in [4.78, 5) is 50.6. The number of aliphatic carboxylic acids is 1. The van der Waals surface area contributed by atoms with E-state index >= 15 is 0 Å². The van der Waals surface area contributed by atoms with Crippen molar-refractivity contribution in [3.8, 4) is 11.5 Å². The molecule has 2 aromatic carbocycles. The first-order valence-electron chi connectivity index (χ1n) is 12.0. The van der Waals surface area contributed by atoms with E-state index in [-0.39, 0.29) is 30.1 Å². The lowest BCUT2D eigenvalue weighted by Gasteiger charge is -2.27. The van der Waals surface area contributed by atoms with Crippen LogP contribution in [0.5, 0.6) is 11.5 Å². The summed E-state index contributed by atoms with van der Waals surface area (Å²) in [7, 11) is 0. The molecule has 2 aromatic rings. The first-order valence-corrected chi connectivity index (χ1v) is 12.6. The van der Waals surface area contributed by atoms with E-state index in [0.29, 0.717) is 11.1 Å². The minimum Gasteiger partial charge on any atom is -0.508 e. The highest BCUT2D eigenvalue weighted by Crippen LogP contribution is 2.14. The molecule has 0 heterocycles. The molecule has 0 fully saturated rings. The van der Waals surface area contributed by atoms with Crippen LogP contribution in [-0.4, -0.2) is 68.9 Å². The molecule has 4 unspecified atom stereocenters. The van der Waals surface area contributed by atoms with E-state index < -0.39 is 53.8 Å². The lowest BCUT2D eigenvalue weighted by atomic mass is 9.99. The van der Waals surface area contributed by atoms with Crippen LogP contribution in [0.1, 0.15) is 25.0 Å². The molecule has 0 saturated carbocycles. The van der Waals surface area contributed by atoms with Crippen molar-refractivity contribution in [1.82, 2.24) is 16.0 Å². The van der Waals surface area contributed by atoms with Crippen molar-refractivity contribution >= 4 is 36.3 Å². The number of benzene rings is 2. The number of nitrogens with two attached hydrogens (primary N) is 1. The Kier molecular flexibility index (Phi) is 11.4. The number of carbonyl (C=O) groups is 4. The first kappa shape index (κ1) is 30.5. The molecule has 0 spiro atoms. The van der Waals surface area contributed by atoms with Crippen molar-refractivity contribution in [3.05, 3.63) is 59.7 Å². The maximum Gasteiger partial charge on any atom is 0.326 e. The van der Waals surface area contributed by atoms with Crippen LogP contribution in [-0.2, 0) is 32.0 Å². The fourth-order valence-corrected chi connectivity index (χ4v) is 3.72. The van der Waals surface area contributed by atoms with Gasteiger partial charge >= 0.3 is 5.97 Å². The number of carbonyl (C=O) groups excluding carboxylic acids is 3. The Bertz CT molecular complexity index is 1110. The van der Waals surface area contributed by atoms with Crippen molar-refractivity contribution in [2.24, 2.45) is 11.7 Å². The zero-order chi connectivity index (χ0) is 28.4. The highest BCUT2D eigenvalue weighted by molar-refractivity contribution is 7.80.